The van der Waals surface area contributed by atoms with Gasteiger partial charge in [0.2, 0.25) is 5.91 Å². The minimum atomic E-state index is -0.265. The summed E-state index contributed by atoms with van der Waals surface area (Å²) in [5.41, 5.74) is 3.57. The van der Waals surface area contributed by atoms with Crippen molar-refractivity contribution < 1.29 is 9.59 Å². The lowest BCUT2D eigenvalue weighted by Gasteiger charge is -2.11. The molecule has 0 aliphatic carbocycles. The highest BCUT2D eigenvalue weighted by molar-refractivity contribution is 7.99. The molecule has 0 atom stereocenters. The van der Waals surface area contributed by atoms with E-state index in [-0.39, 0.29) is 17.6 Å². The number of carbonyl (C=O) groups is 2. The van der Waals surface area contributed by atoms with Crippen LogP contribution >= 0.6 is 11.8 Å². The van der Waals surface area contributed by atoms with Gasteiger partial charge in [-0.3, -0.25) is 14.6 Å². The van der Waals surface area contributed by atoms with Gasteiger partial charge < -0.3 is 15.2 Å². The van der Waals surface area contributed by atoms with Crippen molar-refractivity contribution in [1.82, 2.24) is 19.7 Å². The van der Waals surface area contributed by atoms with E-state index in [1.54, 1.807) is 41.4 Å². The number of carbonyl (C=O) groups excluding carboxylic acids is 2. The van der Waals surface area contributed by atoms with Crippen molar-refractivity contribution in [2.75, 3.05) is 16.4 Å². The molecule has 0 saturated carbocycles. The summed E-state index contributed by atoms with van der Waals surface area (Å²) < 4.78 is 1.74. The summed E-state index contributed by atoms with van der Waals surface area (Å²) in [6, 6.07) is 14.4. The van der Waals surface area contributed by atoms with Crippen molar-refractivity contribution in [3.8, 4) is 0 Å². The predicted octanol–water partition coefficient (Wildman–Crippen LogP) is 3.65. The van der Waals surface area contributed by atoms with Crippen molar-refractivity contribution in [2.24, 2.45) is 7.05 Å². The first kappa shape index (κ1) is 20.5. The number of aromatic nitrogens is 4. The van der Waals surface area contributed by atoms with Crippen molar-refractivity contribution in [1.29, 1.82) is 0 Å². The second-order valence-electron chi connectivity index (χ2n) is 6.93. The first-order chi connectivity index (χ1) is 15.0. The molecule has 0 fully saturated rings. The molecule has 0 spiro atoms. The lowest BCUT2D eigenvalue weighted by atomic mass is 10.1. The molecule has 0 radical (unpaired) electrons. The first-order valence-corrected chi connectivity index (χ1v) is 10.5. The molecule has 2 amide bonds. The van der Waals surface area contributed by atoms with Crippen molar-refractivity contribution in [2.45, 2.75) is 12.1 Å². The minimum absolute atomic E-state index is 0.186. The number of pyridine rings is 1. The summed E-state index contributed by atoms with van der Waals surface area (Å²) in [6.45, 7) is 1.98. The molecule has 156 valence electrons. The van der Waals surface area contributed by atoms with Crippen LogP contribution in [0.4, 0.5) is 11.4 Å². The quantitative estimate of drug-likeness (QED) is 0.451. The molecule has 8 nitrogen and oxygen atoms in total. The fourth-order valence-electron chi connectivity index (χ4n) is 3.09. The molecular formula is C22H20N6O2S. The highest BCUT2D eigenvalue weighted by Crippen LogP contribution is 2.25. The van der Waals surface area contributed by atoms with Crippen LogP contribution in [0.2, 0.25) is 0 Å². The van der Waals surface area contributed by atoms with Crippen LogP contribution in [0.5, 0.6) is 0 Å². The fraction of sp³-hybridized carbons (Fsp3) is 0.136. The Morgan fingerprint density at radius 2 is 1.97 bits per heavy atom. The van der Waals surface area contributed by atoms with Gasteiger partial charge in [0.15, 0.2) is 5.16 Å². The zero-order valence-electron chi connectivity index (χ0n) is 17.0. The van der Waals surface area contributed by atoms with E-state index in [0.717, 1.165) is 16.5 Å². The molecule has 0 aliphatic heterocycles. The van der Waals surface area contributed by atoms with E-state index in [9.17, 15) is 9.59 Å². The number of thioether (sulfide) groups is 1. The van der Waals surface area contributed by atoms with Gasteiger partial charge in [0.05, 0.1) is 17.0 Å². The largest absolute Gasteiger partial charge is 0.325 e. The highest BCUT2D eigenvalue weighted by Gasteiger charge is 2.12. The predicted molar refractivity (Wildman–Crippen MR) is 121 cm³/mol. The van der Waals surface area contributed by atoms with Gasteiger partial charge in [-0.15, -0.1) is 10.2 Å². The number of nitrogens with one attached hydrogen (secondary N) is 2. The van der Waals surface area contributed by atoms with Crippen molar-refractivity contribution in [3.63, 3.8) is 0 Å². The number of benzene rings is 2. The van der Waals surface area contributed by atoms with Gasteiger partial charge in [-0.2, -0.15) is 0 Å². The average molecular weight is 433 g/mol. The molecule has 2 N–H and O–H groups in total. The molecule has 0 saturated heterocycles. The minimum Gasteiger partial charge on any atom is -0.325 e. The van der Waals surface area contributed by atoms with Gasteiger partial charge in [-0.25, -0.2) is 0 Å². The van der Waals surface area contributed by atoms with E-state index in [4.69, 9.17) is 0 Å². The molecule has 0 unspecified atom stereocenters. The standard InChI is InChI=1S/C22H20N6O2S/c1-14-8-9-18(17-7-4-10-23-20(14)17)26-21(30)15-5-3-6-16(11-15)25-19(29)12-31-22-27-24-13-28(22)2/h3-11,13H,12H2,1-2H3,(H,25,29)(H,26,30). The highest BCUT2D eigenvalue weighted by atomic mass is 32.2. The van der Waals surface area contributed by atoms with Crippen LogP contribution in [-0.2, 0) is 11.8 Å². The lowest BCUT2D eigenvalue weighted by Crippen LogP contribution is -2.16. The van der Waals surface area contributed by atoms with E-state index in [2.05, 4.69) is 25.8 Å². The summed E-state index contributed by atoms with van der Waals surface area (Å²) in [7, 11) is 1.82. The van der Waals surface area contributed by atoms with Crippen LogP contribution in [0.1, 0.15) is 15.9 Å². The lowest BCUT2D eigenvalue weighted by molar-refractivity contribution is -0.113. The first-order valence-electron chi connectivity index (χ1n) is 9.53. The van der Waals surface area contributed by atoms with Crippen LogP contribution in [-0.4, -0.2) is 37.3 Å². The Balaban J connectivity index is 1.44. The molecule has 4 aromatic rings. The second kappa shape index (κ2) is 8.97. The number of anilines is 2. The van der Waals surface area contributed by atoms with Crippen molar-refractivity contribution in [3.05, 3.63) is 72.2 Å². The van der Waals surface area contributed by atoms with Crippen LogP contribution in [0.3, 0.4) is 0 Å². The molecule has 2 aromatic heterocycles. The molecule has 31 heavy (non-hydrogen) atoms. The van der Waals surface area contributed by atoms with Gasteiger partial charge >= 0.3 is 0 Å². The van der Waals surface area contributed by atoms with Gasteiger partial charge in [0, 0.05) is 29.9 Å². The van der Waals surface area contributed by atoms with Crippen LogP contribution in [0.15, 0.2) is 66.2 Å². The van der Waals surface area contributed by atoms with E-state index in [1.807, 2.05) is 38.2 Å². The Bertz CT molecular complexity index is 1270. The number of aryl methyl sites for hydroxylation is 2. The molecule has 2 aromatic carbocycles. The molecule has 2 heterocycles. The number of fused-ring (bicyclic) bond motifs is 1. The van der Waals surface area contributed by atoms with Crippen LogP contribution in [0, 0.1) is 6.92 Å². The fourth-order valence-corrected chi connectivity index (χ4v) is 3.77. The summed E-state index contributed by atoms with van der Waals surface area (Å²) in [6.07, 6.45) is 3.31. The number of amides is 2. The Kier molecular flexibility index (Phi) is 5.94. The Hall–Kier alpha value is -3.72. The van der Waals surface area contributed by atoms with E-state index in [1.165, 1.54) is 11.8 Å². The van der Waals surface area contributed by atoms with Gasteiger partial charge in [-0.05, 0) is 48.9 Å². The summed E-state index contributed by atoms with van der Waals surface area (Å²) in [5.74, 6) is -0.273. The molecule has 4 rings (SSSR count). The maximum Gasteiger partial charge on any atom is 0.255 e. The zero-order valence-corrected chi connectivity index (χ0v) is 17.8. The van der Waals surface area contributed by atoms with Gasteiger partial charge in [-0.1, -0.05) is 23.9 Å². The molecule has 0 aliphatic rings. The Morgan fingerprint density at radius 1 is 1.10 bits per heavy atom. The number of hydrogen-bond donors (Lipinski definition) is 2. The third kappa shape index (κ3) is 4.72. The normalized spacial score (nSPS) is 10.8. The topological polar surface area (TPSA) is 102 Å². The van der Waals surface area contributed by atoms with Gasteiger partial charge in [0.25, 0.3) is 5.91 Å². The number of hydrogen-bond acceptors (Lipinski definition) is 6. The number of rotatable bonds is 6. The Labute approximate surface area is 183 Å². The maximum atomic E-state index is 12.8. The van der Waals surface area contributed by atoms with Crippen LogP contribution < -0.4 is 10.6 Å². The van der Waals surface area contributed by atoms with Crippen molar-refractivity contribution >= 4 is 45.9 Å². The summed E-state index contributed by atoms with van der Waals surface area (Å²) in [5, 5.41) is 15.0. The van der Waals surface area contributed by atoms with Crippen LogP contribution in [0.25, 0.3) is 10.9 Å². The zero-order chi connectivity index (χ0) is 21.8. The SMILES string of the molecule is Cc1ccc(NC(=O)c2cccc(NC(=O)CSc3nncn3C)c2)c2cccnc12. The van der Waals surface area contributed by atoms with E-state index in [0.29, 0.717) is 22.1 Å². The summed E-state index contributed by atoms with van der Waals surface area (Å²) >= 11 is 1.29. The third-order valence-electron chi connectivity index (χ3n) is 4.63. The summed E-state index contributed by atoms with van der Waals surface area (Å²) in [4.78, 5) is 29.5. The van der Waals surface area contributed by atoms with E-state index >= 15 is 0 Å². The maximum absolute atomic E-state index is 12.8. The number of nitrogens with zero attached hydrogens (tertiary/aromatic N) is 4. The molecule has 0 bridgehead atoms. The molecule has 9 heteroatoms. The average Bonchev–Trinajstić information content (AvgIpc) is 3.19. The molecular weight excluding hydrogens is 412 g/mol. The van der Waals surface area contributed by atoms with E-state index < -0.39 is 0 Å². The second-order valence-corrected chi connectivity index (χ2v) is 7.87. The smallest absolute Gasteiger partial charge is 0.255 e. The Morgan fingerprint density at radius 3 is 2.77 bits per heavy atom. The monoisotopic (exact) mass is 432 g/mol. The van der Waals surface area contributed by atoms with Gasteiger partial charge in [0.1, 0.15) is 6.33 Å². The third-order valence-corrected chi connectivity index (χ3v) is 5.66.